The summed E-state index contributed by atoms with van der Waals surface area (Å²) < 4.78 is 18.6. The van der Waals surface area contributed by atoms with Crippen LogP contribution >= 0.6 is 0 Å². The minimum Gasteiger partial charge on any atom is -0.383 e. The molecule has 0 spiro atoms. The first-order chi connectivity index (χ1) is 9.61. The monoisotopic (exact) mass is 280 g/mol. The Morgan fingerprint density at radius 1 is 1.60 bits per heavy atom. The van der Waals surface area contributed by atoms with E-state index < -0.39 is 6.10 Å². The number of carbonyl (C=O) groups is 1. The van der Waals surface area contributed by atoms with Crippen molar-refractivity contribution >= 4 is 11.6 Å². The van der Waals surface area contributed by atoms with Gasteiger partial charge in [0.1, 0.15) is 5.82 Å². The fourth-order valence-electron chi connectivity index (χ4n) is 2.00. The Kier molecular flexibility index (Phi) is 4.68. The summed E-state index contributed by atoms with van der Waals surface area (Å²) >= 11 is 0. The molecule has 1 heterocycles. The largest absolute Gasteiger partial charge is 0.383 e. The number of methoxy groups -OCH3 is 1. The van der Waals surface area contributed by atoms with Gasteiger partial charge < -0.3 is 14.9 Å². The van der Waals surface area contributed by atoms with E-state index in [1.54, 1.807) is 25.3 Å². The molecule has 1 aliphatic rings. The highest BCUT2D eigenvalue weighted by Gasteiger charge is 2.30. The minimum absolute atomic E-state index is 0.117. The summed E-state index contributed by atoms with van der Waals surface area (Å²) in [5, 5.41) is 6.56. The van der Waals surface area contributed by atoms with E-state index in [0.29, 0.717) is 17.9 Å². The van der Waals surface area contributed by atoms with Gasteiger partial charge in [0, 0.05) is 25.1 Å². The maximum atomic E-state index is 13.6. The highest BCUT2D eigenvalue weighted by molar-refractivity contribution is 6.04. The molecule has 0 bridgehead atoms. The smallest absolute Gasteiger partial charge is 0.264 e. The molecule has 2 rings (SSSR count). The highest BCUT2D eigenvalue weighted by atomic mass is 19.1. The number of oxime groups is 1. The van der Waals surface area contributed by atoms with E-state index in [1.165, 1.54) is 6.07 Å². The van der Waals surface area contributed by atoms with E-state index in [1.807, 2.05) is 6.92 Å². The molecule has 0 saturated heterocycles. The molecule has 5 nitrogen and oxygen atoms in total. The van der Waals surface area contributed by atoms with Gasteiger partial charge in [-0.1, -0.05) is 23.4 Å². The Morgan fingerprint density at radius 2 is 2.35 bits per heavy atom. The number of amides is 1. The van der Waals surface area contributed by atoms with Crippen LogP contribution in [-0.2, 0) is 14.4 Å². The second-order valence-electron chi connectivity index (χ2n) is 4.68. The molecule has 0 aromatic heterocycles. The van der Waals surface area contributed by atoms with Crippen LogP contribution in [0.25, 0.3) is 0 Å². The van der Waals surface area contributed by atoms with E-state index in [0.717, 1.165) is 0 Å². The maximum Gasteiger partial charge on any atom is 0.264 e. The second-order valence-corrected chi connectivity index (χ2v) is 4.68. The van der Waals surface area contributed by atoms with Gasteiger partial charge in [0.05, 0.1) is 12.3 Å². The maximum absolute atomic E-state index is 13.6. The minimum atomic E-state index is -0.719. The molecule has 0 aliphatic carbocycles. The molecule has 1 N–H and O–H groups in total. The van der Waals surface area contributed by atoms with Crippen LogP contribution in [0.3, 0.4) is 0 Å². The lowest BCUT2D eigenvalue weighted by Gasteiger charge is -2.15. The number of hydrogen-bond acceptors (Lipinski definition) is 4. The van der Waals surface area contributed by atoms with Crippen molar-refractivity contribution in [2.24, 2.45) is 5.16 Å². The van der Waals surface area contributed by atoms with Crippen molar-refractivity contribution in [2.45, 2.75) is 25.5 Å². The van der Waals surface area contributed by atoms with Gasteiger partial charge in [0.15, 0.2) is 0 Å². The molecule has 1 aromatic rings. The number of carbonyl (C=O) groups excluding carboxylic acids is 1. The van der Waals surface area contributed by atoms with Crippen LogP contribution in [0.2, 0.25) is 0 Å². The van der Waals surface area contributed by atoms with Crippen molar-refractivity contribution in [3.05, 3.63) is 35.6 Å². The van der Waals surface area contributed by atoms with Crippen LogP contribution < -0.4 is 5.32 Å². The van der Waals surface area contributed by atoms with Gasteiger partial charge in [0.2, 0.25) is 6.10 Å². The Hall–Kier alpha value is -1.95. The average Bonchev–Trinajstić information content (AvgIpc) is 2.89. The number of hydrogen-bond donors (Lipinski definition) is 1. The van der Waals surface area contributed by atoms with Gasteiger partial charge in [-0.15, -0.1) is 0 Å². The summed E-state index contributed by atoms with van der Waals surface area (Å²) in [6.45, 7) is 2.24. The molecule has 20 heavy (non-hydrogen) atoms. The number of nitrogens with one attached hydrogen (secondary N) is 1. The van der Waals surface area contributed by atoms with Crippen LogP contribution in [0, 0.1) is 5.82 Å². The van der Waals surface area contributed by atoms with E-state index in [-0.39, 0.29) is 24.2 Å². The molecule has 0 fully saturated rings. The first-order valence-electron chi connectivity index (χ1n) is 6.38. The third-order valence-corrected chi connectivity index (χ3v) is 2.95. The van der Waals surface area contributed by atoms with Gasteiger partial charge in [0.25, 0.3) is 5.91 Å². The topological polar surface area (TPSA) is 59.9 Å². The molecule has 108 valence electrons. The fourth-order valence-corrected chi connectivity index (χ4v) is 2.00. The average molecular weight is 280 g/mol. The quantitative estimate of drug-likeness (QED) is 0.888. The van der Waals surface area contributed by atoms with Crippen LogP contribution in [0.4, 0.5) is 4.39 Å². The standard InChI is InChI=1S/C14H17FN2O3/c1-9(8-19-2)16-14(18)13-7-12(17-20-13)10-5-3-4-6-11(10)15/h3-6,9,13H,7-8H2,1-2H3,(H,16,18)/t9-,13-/m0/s1. The zero-order chi connectivity index (χ0) is 14.5. The van der Waals surface area contributed by atoms with E-state index in [2.05, 4.69) is 10.5 Å². The Bertz CT molecular complexity index is 519. The van der Waals surface area contributed by atoms with Crippen molar-refractivity contribution in [1.29, 1.82) is 0 Å². The Labute approximate surface area is 116 Å². The SMILES string of the molecule is COC[C@H](C)NC(=O)[C@@H]1CC(c2ccccc2F)=NO1. The number of nitrogens with zero attached hydrogens (tertiary/aromatic N) is 1. The van der Waals surface area contributed by atoms with Crippen molar-refractivity contribution in [2.75, 3.05) is 13.7 Å². The summed E-state index contributed by atoms with van der Waals surface area (Å²) in [6, 6.07) is 6.17. The van der Waals surface area contributed by atoms with Gasteiger partial charge in [-0.3, -0.25) is 4.79 Å². The van der Waals surface area contributed by atoms with E-state index in [9.17, 15) is 9.18 Å². The highest BCUT2D eigenvalue weighted by Crippen LogP contribution is 2.19. The third-order valence-electron chi connectivity index (χ3n) is 2.95. The van der Waals surface area contributed by atoms with Crippen molar-refractivity contribution in [3.8, 4) is 0 Å². The number of halogens is 1. The zero-order valence-corrected chi connectivity index (χ0v) is 11.4. The third kappa shape index (κ3) is 3.33. The van der Waals surface area contributed by atoms with E-state index >= 15 is 0 Å². The summed E-state index contributed by atoms with van der Waals surface area (Å²) in [4.78, 5) is 17.0. The fraction of sp³-hybridized carbons (Fsp3) is 0.429. The number of benzene rings is 1. The molecule has 0 saturated carbocycles. The van der Waals surface area contributed by atoms with Crippen LogP contribution in [0.1, 0.15) is 18.9 Å². The summed E-state index contributed by atoms with van der Waals surface area (Å²) in [6.07, 6.45) is -0.462. The normalized spacial score (nSPS) is 19.1. The van der Waals surface area contributed by atoms with Crippen LogP contribution in [0.15, 0.2) is 29.4 Å². The predicted octanol–water partition coefficient (Wildman–Crippen LogP) is 1.47. The summed E-state index contributed by atoms with van der Waals surface area (Å²) in [5.74, 6) is -0.645. The molecular weight excluding hydrogens is 263 g/mol. The zero-order valence-electron chi connectivity index (χ0n) is 11.4. The molecule has 2 atom stereocenters. The number of rotatable bonds is 5. The summed E-state index contributed by atoms with van der Waals surface area (Å²) in [7, 11) is 1.56. The molecule has 1 amide bonds. The van der Waals surface area contributed by atoms with Gasteiger partial charge in [-0.05, 0) is 13.0 Å². The lowest BCUT2D eigenvalue weighted by Crippen LogP contribution is -2.42. The summed E-state index contributed by atoms with van der Waals surface area (Å²) in [5.41, 5.74) is 0.815. The Morgan fingerprint density at radius 3 is 3.05 bits per heavy atom. The van der Waals surface area contributed by atoms with Gasteiger partial charge >= 0.3 is 0 Å². The molecular formula is C14H17FN2O3. The lowest BCUT2D eigenvalue weighted by molar-refractivity contribution is -0.132. The molecule has 0 unspecified atom stereocenters. The second kappa shape index (κ2) is 6.47. The first-order valence-corrected chi connectivity index (χ1v) is 6.38. The lowest BCUT2D eigenvalue weighted by atomic mass is 10.0. The van der Waals surface area contributed by atoms with Crippen molar-refractivity contribution in [1.82, 2.24) is 5.32 Å². The first kappa shape index (κ1) is 14.5. The molecule has 0 radical (unpaired) electrons. The number of ether oxygens (including phenoxy) is 1. The predicted molar refractivity (Wildman–Crippen MR) is 71.9 cm³/mol. The van der Waals surface area contributed by atoms with Crippen molar-refractivity contribution < 1.29 is 18.8 Å². The Balaban J connectivity index is 1.95. The van der Waals surface area contributed by atoms with Crippen molar-refractivity contribution in [3.63, 3.8) is 0 Å². The van der Waals surface area contributed by atoms with Crippen LogP contribution in [0.5, 0.6) is 0 Å². The van der Waals surface area contributed by atoms with Gasteiger partial charge in [-0.25, -0.2) is 4.39 Å². The van der Waals surface area contributed by atoms with Crippen LogP contribution in [-0.4, -0.2) is 37.5 Å². The van der Waals surface area contributed by atoms with Gasteiger partial charge in [-0.2, -0.15) is 0 Å². The molecule has 6 heteroatoms. The van der Waals surface area contributed by atoms with E-state index in [4.69, 9.17) is 9.57 Å². The molecule has 1 aromatic carbocycles. The molecule has 1 aliphatic heterocycles.